The molecule has 0 radical (unpaired) electrons. The fourth-order valence-corrected chi connectivity index (χ4v) is 2.96. The fourth-order valence-electron chi connectivity index (χ4n) is 2.96. The van der Waals surface area contributed by atoms with E-state index in [0.29, 0.717) is 36.4 Å². The van der Waals surface area contributed by atoms with Gasteiger partial charge >= 0.3 is 0 Å². The Morgan fingerprint density at radius 2 is 1.67 bits per heavy atom. The van der Waals surface area contributed by atoms with Crippen molar-refractivity contribution in [3.8, 4) is 34.3 Å². The Labute approximate surface area is 156 Å². The van der Waals surface area contributed by atoms with E-state index >= 15 is 0 Å². The Kier molecular flexibility index (Phi) is 4.54. The van der Waals surface area contributed by atoms with Gasteiger partial charge in [0.2, 0.25) is 5.82 Å². The smallest absolute Gasteiger partial charge is 0.258 e. The van der Waals surface area contributed by atoms with E-state index in [1.807, 2.05) is 63.2 Å². The van der Waals surface area contributed by atoms with Crippen LogP contribution in [0.5, 0.6) is 11.5 Å². The lowest BCUT2D eigenvalue weighted by Gasteiger charge is -2.11. The van der Waals surface area contributed by atoms with Gasteiger partial charge < -0.3 is 18.4 Å². The summed E-state index contributed by atoms with van der Waals surface area (Å²) in [7, 11) is 0. The highest BCUT2D eigenvalue weighted by atomic mass is 16.5. The summed E-state index contributed by atoms with van der Waals surface area (Å²) >= 11 is 0. The van der Waals surface area contributed by atoms with Gasteiger partial charge in [0.15, 0.2) is 11.5 Å². The molecular formula is C21H20N2O4. The highest BCUT2D eigenvalue weighted by Gasteiger charge is 2.15. The Balaban J connectivity index is 1.67. The van der Waals surface area contributed by atoms with Gasteiger partial charge in [0.1, 0.15) is 11.3 Å². The zero-order valence-electron chi connectivity index (χ0n) is 15.5. The molecule has 27 heavy (non-hydrogen) atoms. The van der Waals surface area contributed by atoms with E-state index in [4.69, 9.17) is 18.4 Å². The second kappa shape index (κ2) is 7.15. The molecule has 0 unspecified atom stereocenters. The maximum Gasteiger partial charge on any atom is 0.258 e. The summed E-state index contributed by atoms with van der Waals surface area (Å²) in [5, 5.41) is 5.13. The Morgan fingerprint density at radius 3 is 2.48 bits per heavy atom. The average molecular weight is 364 g/mol. The second-order valence-corrected chi connectivity index (χ2v) is 6.06. The summed E-state index contributed by atoms with van der Waals surface area (Å²) in [5.41, 5.74) is 2.49. The largest absolute Gasteiger partial charge is 0.490 e. The Morgan fingerprint density at radius 1 is 0.889 bits per heavy atom. The van der Waals surface area contributed by atoms with Crippen molar-refractivity contribution in [2.75, 3.05) is 13.2 Å². The Hall–Kier alpha value is -3.28. The zero-order valence-corrected chi connectivity index (χ0v) is 15.5. The third-order valence-corrected chi connectivity index (χ3v) is 4.11. The molecule has 0 saturated heterocycles. The number of aryl methyl sites for hydroxylation is 1. The lowest BCUT2D eigenvalue weighted by atomic mass is 10.1. The lowest BCUT2D eigenvalue weighted by Crippen LogP contribution is -1.98. The van der Waals surface area contributed by atoms with Crippen LogP contribution in [0.1, 0.15) is 19.6 Å². The Bertz CT molecular complexity index is 1080. The van der Waals surface area contributed by atoms with E-state index in [2.05, 4.69) is 10.1 Å². The van der Waals surface area contributed by atoms with E-state index < -0.39 is 0 Å². The number of benzene rings is 2. The van der Waals surface area contributed by atoms with E-state index in [9.17, 15) is 0 Å². The number of rotatable bonds is 6. The van der Waals surface area contributed by atoms with Crippen LogP contribution in [0.2, 0.25) is 0 Å². The summed E-state index contributed by atoms with van der Waals surface area (Å²) < 4.78 is 22.4. The lowest BCUT2D eigenvalue weighted by molar-refractivity contribution is 0.288. The minimum Gasteiger partial charge on any atom is -0.490 e. The SMILES string of the molecule is CCOc1ccc(-c2nc(-c3ccc4oc(C)cc4c3)no2)cc1OCC. The number of fused-ring (bicyclic) bond motifs is 1. The van der Waals surface area contributed by atoms with Gasteiger partial charge in [0, 0.05) is 16.5 Å². The van der Waals surface area contributed by atoms with Gasteiger partial charge in [-0.25, -0.2) is 0 Å². The first-order valence-corrected chi connectivity index (χ1v) is 8.92. The molecule has 4 aromatic rings. The number of nitrogens with zero attached hydrogens (tertiary/aromatic N) is 2. The number of aromatic nitrogens is 2. The minimum atomic E-state index is 0.428. The second-order valence-electron chi connectivity index (χ2n) is 6.06. The summed E-state index contributed by atoms with van der Waals surface area (Å²) in [6, 6.07) is 13.4. The topological polar surface area (TPSA) is 70.5 Å². The van der Waals surface area contributed by atoms with Crippen molar-refractivity contribution in [3.05, 3.63) is 48.2 Å². The van der Waals surface area contributed by atoms with E-state index in [-0.39, 0.29) is 0 Å². The quantitative estimate of drug-likeness (QED) is 0.465. The van der Waals surface area contributed by atoms with Gasteiger partial charge in [-0.05, 0) is 63.2 Å². The summed E-state index contributed by atoms with van der Waals surface area (Å²) in [6.07, 6.45) is 0. The summed E-state index contributed by atoms with van der Waals surface area (Å²) in [5.74, 6) is 3.18. The minimum absolute atomic E-state index is 0.428. The molecule has 2 aromatic heterocycles. The van der Waals surface area contributed by atoms with Crippen LogP contribution < -0.4 is 9.47 Å². The van der Waals surface area contributed by atoms with Gasteiger partial charge in [-0.15, -0.1) is 0 Å². The molecule has 0 aliphatic rings. The molecule has 6 heteroatoms. The first kappa shape index (κ1) is 17.1. The maximum atomic E-state index is 5.67. The van der Waals surface area contributed by atoms with Crippen LogP contribution in [0.4, 0.5) is 0 Å². The van der Waals surface area contributed by atoms with Crippen molar-refractivity contribution in [3.63, 3.8) is 0 Å². The number of furan rings is 1. The van der Waals surface area contributed by atoms with Crippen LogP contribution in [-0.4, -0.2) is 23.4 Å². The first-order chi connectivity index (χ1) is 13.2. The number of hydrogen-bond acceptors (Lipinski definition) is 6. The molecule has 2 aromatic carbocycles. The zero-order chi connectivity index (χ0) is 18.8. The van der Waals surface area contributed by atoms with Crippen LogP contribution >= 0.6 is 0 Å². The predicted octanol–water partition coefficient (Wildman–Crippen LogP) is 5.26. The van der Waals surface area contributed by atoms with Crippen molar-refractivity contribution < 1.29 is 18.4 Å². The molecule has 2 heterocycles. The van der Waals surface area contributed by atoms with Gasteiger partial charge in [-0.1, -0.05) is 5.16 Å². The highest BCUT2D eigenvalue weighted by molar-refractivity contribution is 5.83. The van der Waals surface area contributed by atoms with Gasteiger partial charge in [-0.3, -0.25) is 0 Å². The normalized spacial score (nSPS) is 11.1. The molecule has 0 aliphatic carbocycles. The van der Waals surface area contributed by atoms with Crippen molar-refractivity contribution in [1.29, 1.82) is 0 Å². The van der Waals surface area contributed by atoms with Gasteiger partial charge in [0.05, 0.1) is 13.2 Å². The summed E-state index contributed by atoms with van der Waals surface area (Å²) in [4.78, 5) is 4.54. The third-order valence-electron chi connectivity index (χ3n) is 4.11. The molecule has 138 valence electrons. The number of ether oxygens (including phenoxy) is 2. The molecule has 0 saturated carbocycles. The third kappa shape index (κ3) is 3.38. The molecule has 0 amide bonds. The van der Waals surface area contributed by atoms with Crippen LogP contribution in [-0.2, 0) is 0 Å². The molecule has 4 rings (SSSR count). The van der Waals surface area contributed by atoms with Crippen molar-refractivity contribution in [2.24, 2.45) is 0 Å². The number of hydrogen-bond donors (Lipinski definition) is 0. The molecule has 0 bridgehead atoms. The molecule has 0 spiro atoms. The van der Waals surface area contributed by atoms with E-state index in [1.54, 1.807) is 0 Å². The van der Waals surface area contributed by atoms with E-state index in [0.717, 1.165) is 27.9 Å². The van der Waals surface area contributed by atoms with E-state index in [1.165, 1.54) is 0 Å². The average Bonchev–Trinajstić information content (AvgIpc) is 3.28. The predicted molar refractivity (Wildman–Crippen MR) is 102 cm³/mol. The van der Waals surface area contributed by atoms with Gasteiger partial charge in [-0.2, -0.15) is 4.98 Å². The van der Waals surface area contributed by atoms with Gasteiger partial charge in [0.25, 0.3) is 5.89 Å². The first-order valence-electron chi connectivity index (χ1n) is 8.92. The monoisotopic (exact) mass is 364 g/mol. The molecule has 6 nitrogen and oxygen atoms in total. The summed E-state index contributed by atoms with van der Waals surface area (Å²) in [6.45, 7) is 6.91. The molecular weight excluding hydrogens is 344 g/mol. The van der Waals surface area contributed by atoms with Crippen LogP contribution in [0, 0.1) is 6.92 Å². The van der Waals surface area contributed by atoms with Crippen LogP contribution in [0.15, 0.2) is 51.4 Å². The molecule has 0 atom stereocenters. The van der Waals surface area contributed by atoms with Crippen LogP contribution in [0.3, 0.4) is 0 Å². The van der Waals surface area contributed by atoms with Crippen LogP contribution in [0.25, 0.3) is 33.8 Å². The van der Waals surface area contributed by atoms with Crippen molar-refractivity contribution in [1.82, 2.24) is 10.1 Å². The van der Waals surface area contributed by atoms with Crippen molar-refractivity contribution in [2.45, 2.75) is 20.8 Å². The molecule has 0 aliphatic heterocycles. The fraction of sp³-hybridized carbons (Fsp3) is 0.238. The standard InChI is InChI=1S/C21H20N2O4/c1-4-24-18-9-7-15(12-19(18)25-5-2)21-22-20(23-27-21)14-6-8-17-16(11-14)10-13(3)26-17/h6-12H,4-5H2,1-3H3. The highest BCUT2D eigenvalue weighted by Crippen LogP contribution is 2.33. The molecule has 0 fully saturated rings. The molecule has 0 N–H and O–H groups in total. The maximum absolute atomic E-state index is 5.67. The van der Waals surface area contributed by atoms with Crippen molar-refractivity contribution >= 4 is 11.0 Å².